The maximum absolute atomic E-state index is 5.95. The van der Waals surface area contributed by atoms with Crippen LogP contribution in [-0.2, 0) is 0 Å². The smallest absolute Gasteiger partial charge is 0.170 e. The molecule has 1 aliphatic rings. The molecule has 0 radical (unpaired) electrons. The van der Waals surface area contributed by atoms with E-state index in [9.17, 15) is 0 Å². The fourth-order valence-corrected chi connectivity index (χ4v) is 3.19. The second kappa shape index (κ2) is 6.78. The number of rotatable bonds is 2. The van der Waals surface area contributed by atoms with Crippen molar-refractivity contribution in [2.45, 2.75) is 38.6 Å². The third-order valence-corrected chi connectivity index (χ3v) is 4.13. The van der Waals surface area contributed by atoms with Crippen molar-refractivity contribution < 1.29 is 0 Å². The number of anilines is 1. The molecule has 0 bridgehead atoms. The van der Waals surface area contributed by atoms with Crippen molar-refractivity contribution in [2.75, 3.05) is 5.32 Å². The topological polar surface area (TPSA) is 24.1 Å². The van der Waals surface area contributed by atoms with Crippen LogP contribution in [0.15, 0.2) is 18.2 Å². The van der Waals surface area contributed by atoms with E-state index in [1.807, 2.05) is 12.1 Å². The maximum Gasteiger partial charge on any atom is 0.170 e. The minimum Gasteiger partial charge on any atom is -0.360 e. The van der Waals surface area contributed by atoms with Crippen LogP contribution in [0.25, 0.3) is 0 Å². The van der Waals surface area contributed by atoms with Crippen LogP contribution >= 0.6 is 35.4 Å². The lowest BCUT2D eigenvalue weighted by molar-refractivity contribution is 0.332. The lowest BCUT2D eigenvalue weighted by Gasteiger charge is -2.28. The van der Waals surface area contributed by atoms with Gasteiger partial charge in [0.05, 0.1) is 0 Å². The molecule has 1 saturated carbocycles. The fourth-order valence-electron chi connectivity index (χ4n) is 2.38. The number of nitrogens with one attached hydrogen (secondary N) is 2. The number of thiocarbonyl (C=S) groups is 1. The number of halogens is 2. The number of hydrogen-bond acceptors (Lipinski definition) is 1. The first kappa shape index (κ1) is 14.9. The zero-order valence-electron chi connectivity index (χ0n) is 10.9. The second-order valence-electron chi connectivity index (χ2n) is 5.21. The first-order chi connectivity index (χ1) is 9.02. The van der Waals surface area contributed by atoms with Crippen LogP contribution < -0.4 is 10.6 Å². The van der Waals surface area contributed by atoms with E-state index in [-0.39, 0.29) is 0 Å². The average molecular weight is 317 g/mol. The van der Waals surface area contributed by atoms with E-state index in [1.165, 1.54) is 25.7 Å². The molecule has 0 saturated heterocycles. The van der Waals surface area contributed by atoms with Crippen LogP contribution in [-0.4, -0.2) is 11.2 Å². The first-order valence-corrected chi connectivity index (χ1v) is 7.73. The van der Waals surface area contributed by atoms with Crippen LogP contribution in [0.4, 0.5) is 5.69 Å². The lowest BCUT2D eigenvalue weighted by atomic mass is 9.87. The summed E-state index contributed by atoms with van der Waals surface area (Å²) in [4.78, 5) is 0. The molecule has 2 N–H and O–H groups in total. The van der Waals surface area contributed by atoms with Crippen LogP contribution in [0.2, 0.25) is 10.0 Å². The van der Waals surface area contributed by atoms with Crippen molar-refractivity contribution in [3.05, 3.63) is 28.2 Å². The van der Waals surface area contributed by atoms with E-state index >= 15 is 0 Å². The van der Waals surface area contributed by atoms with Gasteiger partial charge in [0.2, 0.25) is 0 Å². The van der Waals surface area contributed by atoms with Gasteiger partial charge < -0.3 is 10.6 Å². The third kappa shape index (κ3) is 4.83. The van der Waals surface area contributed by atoms with Gasteiger partial charge in [-0.3, -0.25) is 0 Å². The molecular formula is C14H18Cl2N2S. The molecule has 2 rings (SSSR count). The van der Waals surface area contributed by atoms with Gasteiger partial charge in [0.25, 0.3) is 0 Å². The summed E-state index contributed by atoms with van der Waals surface area (Å²) in [5.74, 6) is 0.839. The predicted molar refractivity (Wildman–Crippen MR) is 87.2 cm³/mol. The molecule has 0 spiro atoms. The van der Waals surface area contributed by atoms with E-state index in [0.29, 0.717) is 21.2 Å². The Kier molecular flexibility index (Phi) is 5.31. The molecule has 1 aromatic rings. The summed E-state index contributed by atoms with van der Waals surface area (Å²) >= 11 is 17.2. The Morgan fingerprint density at radius 2 is 1.68 bits per heavy atom. The Morgan fingerprint density at radius 3 is 2.26 bits per heavy atom. The maximum atomic E-state index is 5.95. The Hall–Kier alpha value is -0.510. The number of hydrogen-bond donors (Lipinski definition) is 2. The van der Waals surface area contributed by atoms with Gasteiger partial charge in [-0.2, -0.15) is 0 Å². The van der Waals surface area contributed by atoms with Gasteiger partial charge >= 0.3 is 0 Å². The summed E-state index contributed by atoms with van der Waals surface area (Å²) in [5, 5.41) is 8.33. The second-order valence-corrected chi connectivity index (χ2v) is 6.49. The molecule has 5 heteroatoms. The molecule has 104 valence electrons. The van der Waals surface area contributed by atoms with Gasteiger partial charge in [-0.25, -0.2) is 0 Å². The van der Waals surface area contributed by atoms with Crippen LogP contribution in [0.1, 0.15) is 32.6 Å². The predicted octanol–water partition coefficient (Wildman–Crippen LogP) is 4.86. The van der Waals surface area contributed by atoms with E-state index in [4.69, 9.17) is 35.4 Å². The fraction of sp³-hybridized carbons (Fsp3) is 0.500. The molecule has 0 unspecified atom stereocenters. The molecule has 0 aromatic heterocycles. The van der Waals surface area contributed by atoms with E-state index in [1.54, 1.807) is 6.07 Å². The molecule has 0 heterocycles. The molecule has 1 fully saturated rings. The molecule has 0 atom stereocenters. The average Bonchev–Trinajstić information content (AvgIpc) is 2.30. The molecule has 1 aliphatic carbocycles. The van der Waals surface area contributed by atoms with Gasteiger partial charge in [0.1, 0.15) is 0 Å². The largest absolute Gasteiger partial charge is 0.360 e. The standard InChI is InChI=1S/C14H18Cl2N2S/c1-9-2-4-12(5-3-9)17-14(19)18-13-7-10(15)6-11(16)8-13/h6-9,12H,2-5H2,1H3,(H2,17,18,19). The highest BCUT2D eigenvalue weighted by molar-refractivity contribution is 7.80. The van der Waals surface area contributed by atoms with Gasteiger partial charge in [0.15, 0.2) is 5.11 Å². The van der Waals surface area contributed by atoms with Gasteiger partial charge in [-0.1, -0.05) is 30.1 Å². The Balaban J connectivity index is 1.87. The molecule has 0 amide bonds. The van der Waals surface area contributed by atoms with Crippen molar-refractivity contribution in [2.24, 2.45) is 5.92 Å². The minimum absolute atomic E-state index is 0.478. The monoisotopic (exact) mass is 316 g/mol. The van der Waals surface area contributed by atoms with E-state index in [0.717, 1.165) is 11.6 Å². The summed E-state index contributed by atoms with van der Waals surface area (Å²) in [6.45, 7) is 2.31. The molecule has 1 aromatic carbocycles. The van der Waals surface area contributed by atoms with Crippen LogP contribution in [0, 0.1) is 5.92 Å². The van der Waals surface area contributed by atoms with Gasteiger partial charge in [-0.05, 0) is 62.0 Å². The quantitative estimate of drug-likeness (QED) is 0.762. The summed E-state index contributed by atoms with van der Waals surface area (Å²) in [6, 6.07) is 5.80. The highest BCUT2D eigenvalue weighted by Gasteiger charge is 2.18. The van der Waals surface area contributed by atoms with Crippen LogP contribution in [0.5, 0.6) is 0 Å². The van der Waals surface area contributed by atoms with Crippen molar-refractivity contribution >= 4 is 46.2 Å². The molecule has 2 nitrogen and oxygen atoms in total. The van der Waals surface area contributed by atoms with Crippen LogP contribution in [0.3, 0.4) is 0 Å². The third-order valence-electron chi connectivity index (χ3n) is 3.47. The summed E-state index contributed by atoms with van der Waals surface area (Å²) < 4.78 is 0. The highest BCUT2D eigenvalue weighted by Crippen LogP contribution is 2.24. The lowest BCUT2D eigenvalue weighted by Crippen LogP contribution is -2.39. The molecule has 19 heavy (non-hydrogen) atoms. The Labute approximate surface area is 129 Å². The SMILES string of the molecule is CC1CCC(NC(=S)Nc2cc(Cl)cc(Cl)c2)CC1. The normalized spacial score (nSPS) is 22.9. The zero-order chi connectivity index (χ0) is 13.8. The van der Waals surface area contributed by atoms with Crippen molar-refractivity contribution in [1.82, 2.24) is 5.32 Å². The van der Waals surface area contributed by atoms with E-state index in [2.05, 4.69) is 17.6 Å². The summed E-state index contributed by atoms with van der Waals surface area (Å²) in [6.07, 6.45) is 4.89. The van der Waals surface area contributed by atoms with Gasteiger partial charge in [-0.15, -0.1) is 0 Å². The van der Waals surface area contributed by atoms with E-state index < -0.39 is 0 Å². The molecule has 0 aliphatic heterocycles. The minimum atomic E-state index is 0.478. The van der Waals surface area contributed by atoms with Crippen molar-refractivity contribution in [1.29, 1.82) is 0 Å². The zero-order valence-corrected chi connectivity index (χ0v) is 13.2. The first-order valence-electron chi connectivity index (χ1n) is 6.56. The Morgan fingerprint density at radius 1 is 1.11 bits per heavy atom. The Bertz CT molecular complexity index is 437. The molecular weight excluding hydrogens is 299 g/mol. The summed E-state index contributed by atoms with van der Waals surface area (Å²) in [5.41, 5.74) is 0.819. The van der Waals surface area contributed by atoms with Gasteiger partial charge in [0, 0.05) is 21.8 Å². The van der Waals surface area contributed by atoms with Crippen molar-refractivity contribution in [3.63, 3.8) is 0 Å². The van der Waals surface area contributed by atoms with Crippen molar-refractivity contribution in [3.8, 4) is 0 Å². The number of benzene rings is 1. The summed E-state index contributed by atoms with van der Waals surface area (Å²) in [7, 11) is 0. The highest BCUT2D eigenvalue weighted by atomic mass is 35.5.